The minimum absolute atomic E-state index is 0.0994. The van der Waals surface area contributed by atoms with Gasteiger partial charge in [0.2, 0.25) is 0 Å². The number of nitrogens with two attached hydrogens (primary N) is 1. The molecule has 1 aromatic carbocycles. The molecular formula is C12H13N3O2S. The monoisotopic (exact) mass is 263 g/mol. The number of aromatic nitrogens is 1. The number of hydrogen-bond acceptors (Lipinski definition) is 5. The van der Waals surface area contributed by atoms with Gasteiger partial charge in [0.1, 0.15) is 16.5 Å². The minimum atomic E-state index is -0.316. The number of hydrogen-bond donors (Lipinski definition) is 3. The number of phenolic OH excluding ortho intramolecular Hbond substituents is 1. The Morgan fingerprint density at radius 1 is 1.56 bits per heavy atom. The Hall–Kier alpha value is -1.92. The molecule has 0 aliphatic rings. The second kappa shape index (κ2) is 5.16. The molecule has 0 saturated carbocycles. The summed E-state index contributed by atoms with van der Waals surface area (Å²) in [5.41, 5.74) is 6.54. The summed E-state index contributed by atoms with van der Waals surface area (Å²) in [4.78, 5) is 16.0. The Bertz CT molecular complexity index is 566. The first-order chi connectivity index (χ1) is 8.56. The van der Waals surface area contributed by atoms with Crippen LogP contribution in [0.5, 0.6) is 5.75 Å². The van der Waals surface area contributed by atoms with Gasteiger partial charge in [0, 0.05) is 17.1 Å². The molecule has 5 nitrogen and oxygen atoms in total. The van der Waals surface area contributed by atoms with Crippen molar-refractivity contribution < 1.29 is 9.90 Å². The van der Waals surface area contributed by atoms with Crippen molar-refractivity contribution in [3.8, 4) is 5.75 Å². The van der Waals surface area contributed by atoms with E-state index in [1.54, 1.807) is 17.5 Å². The van der Waals surface area contributed by atoms with Crippen molar-refractivity contribution in [1.29, 1.82) is 0 Å². The van der Waals surface area contributed by atoms with Gasteiger partial charge in [-0.15, -0.1) is 11.3 Å². The lowest BCUT2D eigenvalue weighted by molar-refractivity contribution is 0.102. The first-order valence-corrected chi connectivity index (χ1v) is 6.25. The normalized spacial score (nSPS) is 12.1. The number of phenols is 1. The van der Waals surface area contributed by atoms with Gasteiger partial charge in [-0.2, -0.15) is 0 Å². The predicted octanol–water partition coefficient (Wildman–Crippen LogP) is 2.12. The average Bonchev–Trinajstić information content (AvgIpc) is 2.78. The number of carbonyl (C=O) groups excluding carboxylic acids is 1. The molecule has 1 atom stereocenters. The van der Waals surface area contributed by atoms with Crippen LogP contribution in [-0.2, 0) is 0 Å². The molecule has 0 radical (unpaired) electrons. The van der Waals surface area contributed by atoms with Crippen molar-refractivity contribution in [2.75, 3.05) is 5.32 Å². The lowest BCUT2D eigenvalue weighted by atomic mass is 10.3. The van der Waals surface area contributed by atoms with E-state index in [-0.39, 0.29) is 17.7 Å². The second-order valence-corrected chi connectivity index (χ2v) is 4.75. The summed E-state index contributed by atoms with van der Waals surface area (Å²) in [6.45, 7) is 1.82. The summed E-state index contributed by atoms with van der Waals surface area (Å²) in [6, 6.07) is 6.16. The maximum atomic E-state index is 11.9. The van der Waals surface area contributed by atoms with Crippen LogP contribution >= 0.6 is 11.3 Å². The molecule has 0 aliphatic carbocycles. The summed E-state index contributed by atoms with van der Waals surface area (Å²) in [6.07, 6.45) is 0. The Labute approximate surface area is 108 Å². The van der Waals surface area contributed by atoms with E-state index in [9.17, 15) is 9.90 Å². The topological polar surface area (TPSA) is 88.2 Å². The maximum Gasteiger partial charge on any atom is 0.275 e. The molecule has 1 heterocycles. The Morgan fingerprint density at radius 3 is 2.94 bits per heavy atom. The SMILES string of the molecule is CC(N)c1nc(C(=O)Nc2cccc(O)c2)cs1. The fourth-order valence-corrected chi connectivity index (χ4v) is 2.14. The highest BCUT2D eigenvalue weighted by Crippen LogP contribution is 2.19. The van der Waals surface area contributed by atoms with E-state index in [4.69, 9.17) is 5.73 Å². The summed E-state index contributed by atoms with van der Waals surface area (Å²) < 4.78 is 0. The van der Waals surface area contributed by atoms with Gasteiger partial charge in [-0.3, -0.25) is 4.79 Å². The van der Waals surface area contributed by atoms with Crippen molar-refractivity contribution >= 4 is 22.9 Å². The third-order valence-corrected chi connectivity index (χ3v) is 3.29. The van der Waals surface area contributed by atoms with Gasteiger partial charge >= 0.3 is 0 Å². The molecule has 0 bridgehead atoms. The summed E-state index contributed by atoms with van der Waals surface area (Å²) >= 11 is 1.35. The Balaban J connectivity index is 2.12. The molecular weight excluding hydrogens is 250 g/mol. The van der Waals surface area contributed by atoms with E-state index in [0.717, 1.165) is 5.01 Å². The zero-order valence-electron chi connectivity index (χ0n) is 9.75. The molecule has 2 aromatic rings. The standard InChI is InChI=1S/C12H13N3O2S/c1-7(13)12-15-10(6-18-12)11(17)14-8-3-2-4-9(16)5-8/h2-7,16H,13H2,1H3,(H,14,17). The van der Waals surface area contributed by atoms with E-state index in [0.29, 0.717) is 11.4 Å². The van der Waals surface area contributed by atoms with Crippen LogP contribution in [0, 0.1) is 0 Å². The van der Waals surface area contributed by atoms with E-state index in [1.165, 1.54) is 23.5 Å². The number of aromatic hydroxyl groups is 1. The molecule has 0 spiro atoms. The van der Waals surface area contributed by atoms with E-state index < -0.39 is 0 Å². The van der Waals surface area contributed by atoms with Gasteiger partial charge in [0.25, 0.3) is 5.91 Å². The quantitative estimate of drug-likeness (QED) is 0.791. The van der Waals surface area contributed by atoms with Crippen molar-refractivity contribution in [1.82, 2.24) is 4.98 Å². The first-order valence-electron chi connectivity index (χ1n) is 5.37. The van der Waals surface area contributed by atoms with Crippen LogP contribution in [0.3, 0.4) is 0 Å². The molecule has 0 fully saturated rings. The van der Waals surface area contributed by atoms with Crippen LogP contribution in [0.4, 0.5) is 5.69 Å². The highest BCUT2D eigenvalue weighted by Gasteiger charge is 2.12. The van der Waals surface area contributed by atoms with Crippen molar-refractivity contribution in [2.45, 2.75) is 13.0 Å². The minimum Gasteiger partial charge on any atom is -0.508 e. The summed E-state index contributed by atoms with van der Waals surface area (Å²) in [5.74, 6) is -0.217. The number of nitrogens with one attached hydrogen (secondary N) is 1. The molecule has 1 aromatic heterocycles. The lowest BCUT2D eigenvalue weighted by Gasteiger charge is -2.03. The van der Waals surface area contributed by atoms with E-state index >= 15 is 0 Å². The third-order valence-electron chi connectivity index (χ3n) is 2.25. The molecule has 0 aliphatic heterocycles. The van der Waals surface area contributed by atoms with Crippen LogP contribution in [0.15, 0.2) is 29.6 Å². The Morgan fingerprint density at radius 2 is 2.33 bits per heavy atom. The van der Waals surface area contributed by atoms with Gasteiger partial charge in [-0.05, 0) is 19.1 Å². The van der Waals surface area contributed by atoms with Gasteiger partial charge in [0.05, 0.1) is 6.04 Å². The van der Waals surface area contributed by atoms with Crippen LogP contribution in [0.25, 0.3) is 0 Å². The van der Waals surface area contributed by atoms with E-state index in [1.807, 2.05) is 6.92 Å². The van der Waals surface area contributed by atoms with E-state index in [2.05, 4.69) is 10.3 Å². The van der Waals surface area contributed by atoms with Gasteiger partial charge in [-0.1, -0.05) is 6.07 Å². The first kappa shape index (κ1) is 12.5. The molecule has 4 N–H and O–H groups in total. The van der Waals surface area contributed by atoms with Crippen LogP contribution in [0.2, 0.25) is 0 Å². The zero-order valence-corrected chi connectivity index (χ0v) is 10.6. The number of anilines is 1. The average molecular weight is 263 g/mol. The van der Waals surface area contributed by atoms with Gasteiger partial charge in [-0.25, -0.2) is 4.98 Å². The smallest absolute Gasteiger partial charge is 0.275 e. The summed E-state index contributed by atoms with van der Waals surface area (Å²) in [5, 5.41) is 14.3. The number of amides is 1. The third kappa shape index (κ3) is 2.85. The molecule has 1 amide bonds. The number of thiazole rings is 1. The molecule has 0 saturated heterocycles. The van der Waals surface area contributed by atoms with Crippen molar-refractivity contribution in [3.63, 3.8) is 0 Å². The fourth-order valence-electron chi connectivity index (χ4n) is 1.38. The maximum absolute atomic E-state index is 11.9. The summed E-state index contributed by atoms with van der Waals surface area (Å²) in [7, 11) is 0. The van der Waals surface area contributed by atoms with Crippen LogP contribution < -0.4 is 11.1 Å². The van der Waals surface area contributed by atoms with Gasteiger partial charge in [0.15, 0.2) is 0 Å². The number of benzene rings is 1. The Kier molecular flexibility index (Phi) is 3.59. The number of rotatable bonds is 3. The number of nitrogens with zero attached hydrogens (tertiary/aromatic N) is 1. The molecule has 1 unspecified atom stereocenters. The molecule has 94 valence electrons. The predicted molar refractivity (Wildman–Crippen MR) is 70.8 cm³/mol. The number of carbonyl (C=O) groups is 1. The lowest BCUT2D eigenvalue weighted by Crippen LogP contribution is -2.13. The van der Waals surface area contributed by atoms with Gasteiger partial charge < -0.3 is 16.2 Å². The highest BCUT2D eigenvalue weighted by atomic mass is 32.1. The van der Waals surface area contributed by atoms with Crippen molar-refractivity contribution in [2.24, 2.45) is 5.73 Å². The largest absolute Gasteiger partial charge is 0.508 e. The highest BCUT2D eigenvalue weighted by molar-refractivity contribution is 7.09. The van der Waals surface area contributed by atoms with Crippen LogP contribution in [0.1, 0.15) is 28.5 Å². The molecule has 6 heteroatoms. The van der Waals surface area contributed by atoms with Crippen LogP contribution in [-0.4, -0.2) is 16.0 Å². The van der Waals surface area contributed by atoms with Crippen molar-refractivity contribution in [3.05, 3.63) is 40.3 Å². The molecule has 2 rings (SSSR count). The second-order valence-electron chi connectivity index (χ2n) is 3.86. The fraction of sp³-hybridized carbons (Fsp3) is 0.167. The zero-order chi connectivity index (χ0) is 13.1. The molecule has 18 heavy (non-hydrogen) atoms.